The normalized spacial score (nSPS) is 11.5. The number of ether oxygens (including phenoxy) is 2. The van der Waals surface area contributed by atoms with Gasteiger partial charge in [-0.15, -0.1) is 0 Å². The minimum atomic E-state index is -0.322. The van der Waals surface area contributed by atoms with Crippen LogP contribution in [0.15, 0.2) is 27.8 Å². The molecule has 0 aliphatic carbocycles. The number of benzene rings is 1. The third-order valence-corrected chi connectivity index (χ3v) is 6.18. The first-order valence-corrected chi connectivity index (χ1v) is 12.3. The quantitative estimate of drug-likeness (QED) is 0.281. The molecule has 33 heavy (non-hydrogen) atoms. The molecule has 0 aliphatic rings. The van der Waals surface area contributed by atoms with Crippen molar-refractivity contribution in [2.75, 3.05) is 19.5 Å². The molecule has 0 amide bonds. The summed E-state index contributed by atoms with van der Waals surface area (Å²) in [4.78, 5) is 30.8. The second-order valence-corrected chi connectivity index (χ2v) is 8.36. The van der Waals surface area contributed by atoms with Crippen molar-refractivity contribution >= 4 is 39.2 Å². The molecule has 0 fully saturated rings. The van der Waals surface area contributed by atoms with Crippen molar-refractivity contribution in [1.82, 2.24) is 18.7 Å². The van der Waals surface area contributed by atoms with Crippen LogP contribution in [0.25, 0.3) is 23.3 Å². The number of methoxy groups -OCH3 is 2. The molecule has 0 radical (unpaired) electrons. The largest absolute Gasteiger partial charge is 0.493 e. The Labute approximate surface area is 201 Å². The first-order chi connectivity index (χ1) is 16.0. The van der Waals surface area contributed by atoms with Crippen LogP contribution in [0, 0.1) is 0 Å². The average molecular weight is 519 g/mol. The number of rotatable bonds is 11. The Morgan fingerprint density at radius 1 is 0.939 bits per heavy atom. The van der Waals surface area contributed by atoms with E-state index in [-0.39, 0.29) is 11.2 Å². The van der Waals surface area contributed by atoms with Crippen LogP contribution in [0.5, 0.6) is 11.5 Å². The molecule has 3 rings (SSSR count). The molecule has 0 saturated carbocycles. The van der Waals surface area contributed by atoms with Gasteiger partial charge in [0.1, 0.15) is 5.82 Å². The summed E-state index contributed by atoms with van der Waals surface area (Å²) in [5.74, 6) is 1.93. The molecule has 0 aliphatic heterocycles. The Bertz CT molecular complexity index is 1260. The van der Waals surface area contributed by atoms with Gasteiger partial charge in [-0.3, -0.25) is 13.9 Å². The van der Waals surface area contributed by atoms with E-state index in [9.17, 15) is 9.59 Å². The highest BCUT2D eigenvalue weighted by Gasteiger charge is 2.19. The van der Waals surface area contributed by atoms with Crippen molar-refractivity contribution in [1.29, 1.82) is 0 Å². The van der Waals surface area contributed by atoms with Gasteiger partial charge >= 0.3 is 5.69 Å². The van der Waals surface area contributed by atoms with Crippen LogP contribution in [0.4, 0.5) is 0 Å². The van der Waals surface area contributed by atoms with Crippen molar-refractivity contribution < 1.29 is 9.47 Å². The number of hydrogen-bond donors (Lipinski definition) is 0. The second-order valence-electron chi connectivity index (χ2n) is 7.57. The van der Waals surface area contributed by atoms with Gasteiger partial charge in [-0.25, -0.2) is 9.78 Å². The van der Waals surface area contributed by atoms with E-state index in [1.165, 1.54) is 4.57 Å². The number of fused-ring (bicyclic) bond motifs is 1. The molecule has 1 aromatic carbocycles. The number of unbranched alkanes of at least 4 members (excludes halogenated alkanes) is 2. The second kappa shape index (κ2) is 11.4. The average Bonchev–Trinajstić information content (AvgIpc) is 3.19. The fraction of sp³-hybridized carbons (Fsp3) is 0.458. The molecule has 2 aromatic heterocycles. The minimum Gasteiger partial charge on any atom is -0.493 e. The summed E-state index contributed by atoms with van der Waals surface area (Å²) in [5.41, 5.74) is 1.20. The molecule has 178 valence electrons. The SMILES string of the molecule is CCn1c(=O)c2c(nc(C=Cc3ccc(OC)c(OC)c3)n2CCCCCBr)n(CC)c1=O. The Balaban J connectivity index is 2.15. The van der Waals surface area contributed by atoms with Crippen LogP contribution >= 0.6 is 15.9 Å². The monoisotopic (exact) mass is 518 g/mol. The summed E-state index contributed by atoms with van der Waals surface area (Å²) in [6, 6.07) is 5.65. The highest BCUT2D eigenvalue weighted by Crippen LogP contribution is 2.28. The van der Waals surface area contributed by atoms with Gasteiger partial charge < -0.3 is 14.0 Å². The molecule has 0 unspecified atom stereocenters. The van der Waals surface area contributed by atoms with Crippen LogP contribution in [0.3, 0.4) is 0 Å². The summed E-state index contributed by atoms with van der Waals surface area (Å²) in [5, 5.41) is 0.946. The van der Waals surface area contributed by atoms with E-state index in [1.54, 1.807) is 18.8 Å². The van der Waals surface area contributed by atoms with Gasteiger partial charge in [0.05, 0.1) is 14.2 Å². The smallest absolute Gasteiger partial charge is 0.332 e. The number of aryl methyl sites for hydroxylation is 2. The first-order valence-electron chi connectivity index (χ1n) is 11.2. The highest BCUT2D eigenvalue weighted by atomic mass is 79.9. The molecule has 0 atom stereocenters. The third-order valence-electron chi connectivity index (χ3n) is 5.62. The van der Waals surface area contributed by atoms with Crippen LogP contribution < -0.4 is 20.7 Å². The fourth-order valence-electron chi connectivity index (χ4n) is 3.89. The van der Waals surface area contributed by atoms with E-state index in [4.69, 9.17) is 14.5 Å². The van der Waals surface area contributed by atoms with Crippen LogP contribution in [-0.2, 0) is 19.6 Å². The molecular weight excluding hydrogens is 488 g/mol. The van der Waals surface area contributed by atoms with E-state index in [2.05, 4.69) is 15.9 Å². The molecule has 9 heteroatoms. The predicted octanol–water partition coefficient (Wildman–Crippen LogP) is 4.15. The van der Waals surface area contributed by atoms with E-state index < -0.39 is 0 Å². The summed E-state index contributed by atoms with van der Waals surface area (Å²) in [6.07, 6.45) is 6.80. The Hall–Kier alpha value is -2.81. The zero-order valence-corrected chi connectivity index (χ0v) is 21.2. The molecule has 0 spiro atoms. The highest BCUT2D eigenvalue weighted by molar-refractivity contribution is 9.09. The fourth-order valence-corrected chi connectivity index (χ4v) is 4.29. The lowest BCUT2D eigenvalue weighted by molar-refractivity contribution is 0.355. The van der Waals surface area contributed by atoms with Gasteiger partial charge in [-0.1, -0.05) is 34.5 Å². The van der Waals surface area contributed by atoms with Gasteiger partial charge in [0.25, 0.3) is 5.56 Å². The lowest BCUT2D eigenvalue weighted by atomic mass is 10.2. The number of alkyl halides is 1. The number of halogens is 1. The lowest BCUT2D eigenvalue weighted by Gasteiger charge is -2.10. The minimum absolute atomic E-state index is 0.291. The number of nitrogens with zero attached hydrogens (tertiary/aromatic N) is 4. The van der Waals surface area contributed by atoms with Crippen molar-refractivity contribution in [3.63, 3.8) is 0 Å². The number of hydrogen-bond acceptors (Lipinski definition) is 5. The molecular formula is C24H31BrN4O4. The van der Waals surface area contributed by atoms with Crippen LogP contribution in [0.1, 0.15) is 44.5 Å². The van der Waals surface area contributed by atoms with E-state index >= 15 is 0 Å². The standard InChI is InChI=1S/C24H31BrN4O4/c1-5-27-22-21(23(30)28(6-2)24(27)31)29(15-9-7-8-14-25)20(26-22)13-11-17-10-12-18(32-3)19(16-17)33-4/h10-13,16H,5-9,14-15H2,1-4H3. The predicted molar refractivity (Wildman–Crippen MR) is 136 cm³/mol. The van der Waals surface area contributed by atoms with Gasteiger partial charge in [0.2, 0.25) is 0 Å². The molecule has 0 bridgehead atoms. The summed E-state index contributed by atoms with van der Waals surface area (Å²) < 4.78 is 15.5. The van der Waals surface area contributed by atoms with E-state index in [1.807, 2.05) is 48.8 Å². The Morgan fingerprint density at radius 3 is 2.30 bits per heavy atom. The third kappa shape index (κ3) is 5.08. The topological polar surface area (TPSA) is 80.3 Å². The van der Waals surface area contributed by atoms with E-state index in [0.29, 0.717) is 48.1 Å². The molecule has 0 saturated heterocycles. The van der Waals surface area contributed by atoms with Crippen molar-refractivity contribution in [3.8, 4) is 11.5 Å². The maximum Gasteiger partial charge on any atom is 0.332 e. The van der Waals surface area contributed by atoms with Crippen LogP contribution in [0.2, 0.25) is 0 Å². The molecule has 8 nitrogen and oxygen atoms in total. The van der Waals surface area contributed by atoms with Gasteiger partial charge in [-0.05, 0) is 50.5 Å². The van der Waals surface area contributed by atoms with Crippen LogP contribution in [-0.4, -0.2) is 38.2 Å². The van der Waals surface area contributed by atoms with Gasteiger partial charge in [-0.2, -0.15) is 0 Å². The molecule has 3 aromatic rings. The zero-order chi connectivity index (χ0) is 24.0. The van der Waals surface area contributed by atoms with Crippen molar-refractivity contribution in [3.05, 3.63) is 50.4 Å². The van der Waals surface area contributed by atoms with Gasteiger partial charge in [0.15, 0.2) is 22.7 Å². The summed E-state index contributed by atoms with van der Waals surface area (Å²) in [7, 11) is 3.20. The number of aromatic nitrogens is 4. The molecule has 0 N–H and O–H groups in total. The Morgan fingerprint density at radius 2 is 1.67 bits per heavy atom. The van der Waals surface area contributed by atoms with Crippen molar-refractivity contribution in [2.45, 2.75) is 52.7 Å². The van der Waals surface area contributed by atoms with Gasteiger partial charge in [0, 0.05) is 25.0 Å². The molecule has 2 heterocycles. The van der Waals surface area contributed by atoms with E-state index in [0.717, 1.165) is 30.2 Å². The van der Waals surface area contributed by atoms with Crippen molar-refractivity contribution in [2.24, 2.45) is 0 Å². The first kappa shape index (κ1) is 24.8. The maximum atomic E-state index is 13.2. The Kier molecular flexibility index (Phi) is 8.55. The zero-order valence-electron chi connectivity index (χ0n) is 19.6. The summed E-state index contributed by atoms with van der Waals surface area (Å²) in [6.45, 7) is 5.10. The summed E-state index contributed by atoms with van der Waals surface area (Å²) >= 11 is 3.47. The maximum absolute atomic E-state index is 13.2. The number of imidazole rings is 1. The lowest BCUT2D eigenvalue weighted by Crippen LogP contribution is -2.40.